The Morgan fingerprint density at radius 2 is 1.39 bits per heavy atom. The molecule has 7 aromatic rings. The molecule has 5 nitrogen and oxygen atoms in total. The maximum atomic E-state index is 8.85. The van der Waals surface area contributed by atoms with E-state index in [0.717, 1.165) is 54.5 Å². The van der Waals surface area contributed by atoms with Gasteiger partial charge < -0.3 is 10.1 Å². The van der Waals surface area contributed by atoms with Crippen LogP contribution in [0.5, 0.6) is 0 Å². The summed E-state index contributed by atoms with van der Waals surface area (Å²) in [4.78, 5) is 5.04. The maximum absolute atomic E-state index is 8.85. The Balaban J connectivity index is 1.10. The zero-order valence-electron chi connectivity index (χ0n) is 24.7. The number of rotatable bonds is 5. The maximum Gasteiger partial charge on any atom is 0.221 e. The summed E-state index contributed by atoms with van der Waals surface area (Å²) in [6.07, 6.45) is 2.16. The summed E-state index contributed by atoms with van der Waals surface area (Å²) in [6, 6.07) is 46.7. The van der Waals surface area contributed by atoms with Gasteiger partial charge in [0.15, 0.2) is 0 Å². The molecule has 1 aromatic heterocycles. The van der Waals surface area contributed by atoms with Crippen LogP contribution in [-0.4, -0.2) is 17.6 Å². The van der Waals surface area contributed by atoms with E-state index in [0.29, 0.717) is 11.1 Å². The lowest BCUT2D eigenvalue weighted by Gasteiger charge is -2.24. The van der Waals surface area contributed by atoms with E-state index >= 15 is 0 Å². The molecule has 220 valence electrons. The molecule has 8 rings (SSSR count). The number of amidine groups is 1. The van der Waals surface area contributed by atoms with Crippen LogP contribution in [0.15, 0.2) is 151 Å². The molecule has 0 fully saturated rings. The first-order valence-corrected chi connectivity index (χ1v) is 15.9. The minimum Gasteiger partial charge on any atom is -0.421 e. The van der Waals surface area contributed by atoms with Crippen molar-refractivity contribution in [3.8, 4) is 0 Å². The predicted octanol–water partition coefficient (Wildman–Crippen LogP) is 9.71. The topological polar surface area (TPSA) is 81.3 Å². The van der Waals surface area contributed by atoms with Gasteiger partial charge in [0.25, 0.3) is 0 Å². The number of benzene rings is 6. The fourth-order valence-corrected chi connectivity index (χ4v) is 7.09. The molecule has 0 spiro atoms. The summed E-state index contributed by atoms with van der Waals surface area (Å²) in [5.74, 6) is 0.710. The lowest BCUT2D eigenvalue weighted by Crippen LogP contribution is -2.31. The SMILES string of the molecule is N=C(OC(=N)c1cccc2cc(C3=CC(c4ccccc4)NC(c4ccccc4)=N3)ccc12)c1ccc2sc3ccccc3c2c1. The van der Waals surface area contributed by atoms with E-state index in [-0.39, 0.29) is 17.8 Å². The molecule has 6 aromatic carbocycles. The number of nitrogens with zero attached hydrogens (tertiary/aromatic N) is 1. The monoisotopic (exact) mass is 612 g/mol. The molecule has 0 saturated heterocycles. The van der Waals surface area contributed by atoms with Crippen molar-refractivity contribution in [1.29, 1.82) is 10.8 Å². The van der Waals surface area contributed by atoms with Crippen molar-refractivity contribution in [3.63, 3.8) is 0 Å². The van der Waals surface area contributed by atoms with E-state index < -0.39 is 0 Å². The Hall–Kier alpha value is -5.85. The standard InChI is InChI=1S/C40H28N4OS/c41-38(29-19-21-37-33(23-29)31-15-7-8-17-36(31)46-37)45-39(42)32-16-9-14-27-22-28(18-20-30(27)32)35-24-34(25-10-3-1-4-11-25)43-40(44-35)26-12-5-2-6-13-26/h1-24,34,41-42H,(H,43,44). The second-order valence-electron chi connectivity index (χ2n) is 11.2. The quantitative estimate of drug-likeness (QED) is 0.134. The van der Waals surface area contributed by atoms with Gasteiger partial charge in [0, 0.05) is 42.4 Å². The van der Waals surface area contributed by atoms with Crippen molar-refractivity contribution in [1.82, 2.24) is 5.32 Å². The summed E-state index contributed by atoms with van der Waals surface area (Å²) in [5, 5.41) is 25.3. The molecule has 0 saturated carbocycles. The first-order valence-electron chi connectivity index (χ1n) is 15.1. The molecule has 0 radical (unpaired) electrons. The van der Waals surface area contributed by atoms with Crippen LogP contribution in [0.3, 0.4) is 0 Å². The second-order valence-corrected chi connectivity index (χ2v) is 12.3. The number of hydrogen-bond acceptors (Lipinski definition) is 6. The van der Waals surface area contributed by atoms with Crippen LogP contribution in [0.4, 0.5) is 0 Å². The van der Waals surface area contributed by atoms with E-state index in [2.05, 4.69) is 66.0 Å². The van der Waals surface area contributed by atoms with E-state index in [1.165, 1.54) is 4.70 Å². The van der Waals surface area contributed by atoms with Gasteiger partial charge in [-0.25, -0.2) is 4.99 Å². The van der Waals surface area contributed by atoms with Crippen LogP contribution in [0, 0.1) is 10.8 Å². The van der Waals surface area contributed by atoms with Gasteiger partial charge in [-0.2, -0.15) is 0 Å². The van der Waals surface area contributed by atoms with Crippen molar-refractivity contribution in [2.24, 2.45) is 4.99 Å². The molecule has 0 bridgehead atoms. The van der Waals surface area contributed by atoms with Gasteiger partial charge >= 0.3 is 0 Å². The van der Waals surface area contributed by atoms with Crippen LogP contribution in [0.1, 0.15) is 33.9 Å². The summed E-state index contributed by atoms with van der Waals surface area (Å²) in [5.41, 5.74) is 5.31. The summed E-state index contributed by atoms with van der Waals surface area (Å²) in [7, 11) is 0. The zero-order valence-corrected chi connectivity index (χ0v) is 25.5. The summed E-state index contributed by atoms with van der Waals surface area (Å²) < 4.78 is 8.24. The van der Waals surface area contributed by atoms with Gasteiger partial charge in [-0.05, 0) is 58.8 Å². The fourth-order valence-electron chi connectivity index (χ4n) is 6.01. The third-order valence-electron chi connectivity index (χ3n) is 8.32. The predicted molar refractivity (Wildman–Crippen MR) is 191 cm³/mol. The molecular formula is C40H28N4OS. The average Bonchev–Trinajstić information content (AvgIpc) is 3.49. The Bertz CT molecular complexity index is 2360. The third kappa shape index (κ3) is 5.15. The normalized spacial score (nSPS) is 14.5. The van der Waals surface area contributed by atoms with E-state index in [9.17, 15) is 0 Å². The lowest BCUT2D eigenvalue weighted by molar-refractivity contribution is 0.539. The van der Waals surface area contributed by atoms with Crippen LogP contribution < -0.4 is 5.32 Å². The average molecular weight is 613 g/mol. The van der Waals surface area contributed by atoms with Gasteiger partial charge in [0.05, 0.1) is 11.7 Å². The summed E-state index contributed by atoms with van der Waals surface area (Å²) >= 11 is 1.73. The molecule has 0 amide bonds. The van der Waals surface area contributed by atoms with Crippen LogP contribution in [-0.2, 0) is 4.74 Å². The zero-order chi connectivity index (χ0) is 31.0. The fraction of sp³-hybridized carbons (Fsp3) is 0.0250. The Kier molecular flexibility index (Phi) is 6.97. The lowest BCUT2D eigenvalue weighted by atomic mass is 9.97. The highest BCUT2D eigenvalue weighted by Crippen LogP contribution is 2.35. The summed E-state index contributed by atoms with van der Waals surface area (Å²) in [6.45, 7) is 0. The van der Waals surface area contributed by atoms with E-state index in [4.69, 9.17) is 20.5 Å². The second kappa shape index (κ2) is 11.6. The van der Waals surface area contributed by atoms with Crippen LogP contribution in [0.2, 0.25) is 0 Å². The van der Waals surface area contributed by atoms with Crippen molar-refractivity contribution in [3.05, 3.63) is 173 Å². The highest BCUT2D eigenvalue weighted by atomic mass is 32.1. The number of fused-ring (bicyclic) bond motifs is 4. The molecule has 1 unspecified atom stereocenters. The first-order chi connectivity index (χ1) is 22.6. The molecule has 6 heteroatoms. The molecule has 1 atom stereocenters. The smallest absolute Gasteiger partial charge is 0.221 e. The Labute approximate surface area is 270 Å². The highest BCUT2D eigenvalue weighted by molar-refractivity contribution is 7.25. The third-order valence-corrected chi connectivity index (χ3v) is 9.47. The molecule has 1 aliphatic heterocycles. The number of aliphatic imine (C=N–C) groups is 1. The number of ether oxygens (including phenoxy) is 1. The highest BCUT2D eigenvalue weighted by Gasteiger charge is 2.20. The molecule has 2 heterocycles. The number of thiophene rings is 1. The Morgan fingerprint density at radius 1 is 0.630 bits per heavy atom. The van der Waals surface area contributed by atoms with Crippen molar-refractivity contribution >= 4 is 65.6 Å². The van der Waals surface area contributed by atoms with Gasteiger partial charge in [-0.3, -0.25) is 10.8 Å². The van der Waals surface area contributed by atoms with Crippen LogP contribution >= 0.6 is 11.3 Å². The minimum absolute atomic E-state index is 0.0372. The van der Waals surface area contributed by atoms with E-state index in [1.54, 1.807) is 11.3 Å². The van der Waals surface area contributed by atoms with Gasteiger partial charge in [0.2, 0.25) is 11.8 Å². The molecule has 3 N–H and O–H groups in total. The number of nitrogens with one attached hydrogen (secondary N) is 3. The Morgan fingerprint density at radius 3 is 2.24 bits per heavy atom. The van der Waals surface area contributed by atoms with Gasteiger partial charge in [-0.15, -0.1) is 11.3 Å². The van der Waals surface area contributed by atoms with Gasteiger partial charge in [-0.1, -0.05) is 103 Å². The first kappa shape index (κ1) is 27.7. The van der Waals surface area contributed by atoms with Gasteiger partial charge in [0.1, 0.15) is 5.84 Å². The number of hydrogen-bond donors (Lipinski definition) is 3. The minimum atomic E-state index is -0.0618. The molecule has 0 aliphatic carbocycles. The van der Waals surface area contributed by atoms with Crippen LogP contribution in [0.25, 0.3) is 36.6 Å². The van der Waals surface area contributed by atoms with Crippen molar-refractivity contribution < 1.29 is 4.74 Å². The van der Waals surface area contributed by atoms with E-state index in [1.807, 2.05) is 84.9 Å². The molecule has 1 aliphatic rings. The largest absolute Gasteiger partial charge is 0.421 e. The molecule has 46 heavy (non-hydrogen) atoms. The van der Waals surface area contributed by atoms with Crippen molar-refractivity contribution in [2.75, 3.05) is 0 Å². The van der Waals surface area contributed by atoms with Crippen molar-refractivity contribution in [2.45, 2.75) is 6.04 Å². The molecular weight excluding hydrogens is 585 g/mol.